The number of halogens is 3. The number of amides is 3. The Kier molecular flexibility index (Phi) is 13.3. The normalized spacial score (nSPS) is 13.9. The van der Waals surface area contributed by atoms with Crippen molar-refractivity contribution >= 4 is 29.5 Å². The summed E-state index contributed by atoms with van der Waals surface area (Å²) < 4.78 is 45.1. The molecule has 1 atom stereocenters. The lowest BCUT2D eigenvalue weighted by Gasteiger charge is -2.36. The Morgan fingerprint density at radius 1 is 0.887 bits per heavy atom. The highest BCUT2D eigenvalue weighted by molar-refractivity contribution is 5.95. The molecule has 4 aromatic rings. The van der Waals surface area contributed by atoms with Gasteiger partial charge in [-0.3, -0.25) is 24.4 Å². The number of ether oxygens (including phenoxy) is 1. The molecule has 1 aliphatic heterocycles. The van der Waals surface area contributed by atoms with E-state index in [0.29, 0.717) is 31.7 Å². The van der Waals surface area contributed by atoms with Gasteiger partial charge in [0.2, 0.25) is 17.7 Å². The molecule has 0 radical (unpaired) electrons. The first-order valence-corrected chi connectivity index (χ1v) is 17.4. The van der Waals surface area contributed by atoms with Gasteiger partial charge in [0.05, 0.1) is 18.9 Å². The molecule has 0 N–H and O–H groups in total. The minimum absolute atomic E-state index is 0.0515. The largest absolute Gasteiger partial charge is 0.433 e. The van der Waals surface area contributed by atoms with Gasteiger partial charge in [0.15, 0.2) is 0 Å². The molecule has 1 aliphatic rings. The van der Waals surface area contributed by atoms with Crippen molar-refractivity contribution in [2.75, 3.05) is 51.3 Å². The summed E-state index contributed by atoms with van der Waals surface area (Å²) in [5, 5.41) is 0. The van der Waals surface area contributed by atoms with Gasteiger partial charge >= 0.3 is 6.18 Å². The Hall–Kier alpha value is -5.56. The number of carbonyl (C=O) groups excluding carboxylic acids is 3. The standard InChI is InChI=1S/C40H43F3N6O4/c1-30(50)47-20-22-48(23-21-47)35-15-11-33(12-16-35)28-49(38(51)18-14-32-13-17-37(45-27-32)40(41,42)43)36(26-31-8-4-3-5-9-31)39(52)46(2)24-25-53-29-34-10-6-7-19-44-34/h3-19,27,36H,20-26,28-29H2,1-2H3/t36-/m0/s1. The van der Waals surface area contributed by atoms with Crippen molar-refractivity contribution in [3.63, 3.8) is 0 Å². The molecule has 3 amide bonds. The number of benzene rings is 2. The van der Waals surface area contributed by atoms with Gasteiger partial charge in [-0.2, -0.15) is 13.2 Å². The smallest absolute Gasteiger partial charge is 0.373 e. The van der Waals surface area contributed by atoms with Gasteiger partial charge in [0, 0.05) is 83.8 Å². The average Bonchev–Trinajstić information content (AvgIpc) is 3.17. The molecule has 5 rings (SSSR count). The summed E-state index contributed by atoms with van der Waals surface area (Å²) in [5.41, 5.74) is 2.63. The number of rotatable bonds is 14. The molecule has 53 heavy (non-hydrogen) atoms. The lowest BCUT2D eigenvalue weighted by atomic mass is 10.0. The third kappa shape index (κ3) is 11.2. The van der Waals surface area contributed by atoms with Crippen LogP contribution in [0.15, 0.2) is 103 Å². The fraction of sp³-hybridized carbons (Fsp3) is 0.325. The van der Waals surface area contributed by atoms with E-state index in [4.69, 9.17) is 4.74 Å². The molecule has 0 unspecified atom stereocenters. The van der Waals surface area contributed by atoms with Crippen LogP contribution in [0.5, 0.6) is 0 Å². The first kappa shape index (κ1) is 38.7. The molecule has 2 aromatic heterocycles. The second-order valence-electron chi connectivity index (χ2n) is 12.8. The molecular weight excluding hydrogens is 685 g/mol. The predicted molar refractivity (Wildman–Crippen MR) is 195 cm³/mol. The molecule has 3 heterocycles. The van der Waals surface area contributed by atoms with Crippen LogP contribution >= 0.6 is 0 Å². The summed E-state index contributed by atoms with van der Waals surface area (Å²) in [6.07, 6.45) is 1.02. The van der Waals surface area contributed by atoms with E-state index >= 15 is 0 Å². The number of carbonyl (C=O) groups is 3. The van der Waals surface area contributed by atoms with Crippen LogP contribution in [0.4, 0.5) is 18.9 Å². The maximum atomic E-state index is 14.3. The average molecular weight is 729 g/mol. The van der Waals surface area contributed by atoms with E-state index in [1.807, 2.05) is 77.7 Å². The maximum absolute atomic E-state index is 14.3. The van der Waals surface area contributed by atoms with Crippen LogP contribution < -0.4 is 4.90 Å². The monoisotopic (exact) mass is 728 g/mol. The van der Waals surface area contributed by atoms with E-state index in [1.165, 1.54) is 23.1 Å². The summed E-state index contributed by atoms with van der Waals surface area (Å²) in [6, 6.07) is 23.8. The third-order valence-corrected chi connectivity index (χ3v) is 9.01. The van der Waals surface area contributed by atoms with Crippen LogP contribution in [0.1, 0.15) is 35.0 Å². The van der Waals surface area contributed by atoms with E-state index < -0.39 is 23.8 Å². The second kappa shape index (κ2) is 18.3. The number of nitrogens with zero attached hydrogens (tertiary/aromatic N) is 6. The molecule has 1 fully saturated rings. The van der Waals surface area contributed by atoms with E-state index in [0.717, 1.165) is 34.8 Å². The number of piperazine rings is 1. The summed E-state index contributed by atoms with van der Waals surface area (Å²) in [5.74, 6) is -0.743. The number of alkyl halides is 3. The molecule has 1 saturated heterocycles. The van der Waals surface area contributed by atoms with Crippen LogP contribution in [0, 0.1) is 0 Å². The predicted octanol–water partition coefficient (Wildman–Crippen LogP) is 5.49. The van der Waals surface area contributed by atoms with E-state index in [1.54, 1.807) is 25.1 Å². The summed E-state index contributed by atoms with van der Waals surface area (Å²) in [4.78, 5) is 55.0. The number of likely N-dealkylation sites (N-methyl/N-ethyl adjacent to an activating group) is 1. The van der Waals surface area contributed by atoms with Crippen molar-refractivity contribution < 1.29 is 32.3 Å². The lowest BCUT2D eigenvalue weighted by Crippen LogP contribution is -2.51. The van der Waals surface area contributed by atoms with Crippen molar-refractivity contribution in [3.8, 4) is 0 Å². The third-order valence-electron chi connectivity index (χ3n) is 9.01. The Bertz CT molecular complexity index is 1820. The van der Waals surface area contributed by atoms with E-state index in [9.17, 15) is 27.6 Å². The van der Waals surface area contributed by atoms with E-state index in [2.05, 4.69) is 14.9 Å². The van der Waals surface area contributed by atoms with Crippen LogP contribution in [0.3, 0.4) is 0 Å². The summed E-state index contributed by atoms with van der Waals surface area (Å²) in [7, 11) is 1.66. The number of hydrogen-bond donors (Lipinski definition) is 0. The molecule has 0 aliphatic carbocycles. The van der Waals surface area contributed by atoms with Crippen molar-refractivity contribution in [2.45, 2.75) is 38.7 Å². The molecule has 10 nitrogen and oxygen atoms in total. The lowest BCUT2D eigenvalue weighted by molar-refractivity contribution is -0.143. The first-order valence-electron chi connectivity index (χ1n) is 17.4. The van der Waals surface area contributed by atoms with E-state index in [-0.39, 0.29) is 44.5 Å². The molecule has 278 valence electrons. The van der Waals surface area contributed by atoms with Gasteiger partial charge in [-0.05, 0) is 53.1 Å². The fourth-order valence-corrected chi connectivity index (χ4v) is 5.96. The minimum atomic E-state index is -4.59. The Balaban J connectivity index is 1.38. The van der Waals surface area contributed by atoms with Crippen molar-refractivity contribution in [3.05, 3.63) is 131 Å². The first-order chi connectivity index (χ1) is 25.5. The van der Waals surface area contributed by atoms with Crippen LogP contribution in [-0.2, 0) is 44.9 Å². The summed E-state index contributed by atoms with van der Waals surface area (Å²) in [6.45, 7) is 5.09. The van der Waals surface area contributed by atoms with Crippen molar-refractivity contribution in [1.82, 2.24) is 24.7 Å². The highest BCUT2D eigenvalue weighted by atomic mass is 19.4. The zero-order valence-corrected chi connectivity index (χ0v) is 29.8. The molecular formula is C40H43F3N6O4. The highest BCUT2D eigenvalue weighted by Crippen LogP contribution is 2.27. The number of hydrogen-bond acceptors (Lipinski definition) is 7. The number of pyridine rings is 2. The Morgan fingerprint density at radius 2 is 1.60 bits per heavy atom. The van der Waals surface area contributed by atoms with Gasteiger partial charge in [0.25, 0.3) is 0 Å². The van der Waals surface area contributed by atoms with Gasteiger partial charge in [-0.1, -0.05) is 54.6 Å². The topological polar surface area (TPSA) is 99.2 Å². The molecule has 2 aromatic carbocycles. The van der Waals surface area contributed by atoms with Crippen molar-refractivity contribution in [1.29, 1.82) is 0 Å². The highest BCUT2D eigenvalue weighted by Gasteiger charge is 2.33. The zero-order chi connectivity index (χ0) is 37.8. The number of anilines is 1. The SMILES string of the molecule is CC(=O)N1CCN(c2ccc(CN(C(=O)C=Cc3ccc(C(F)(F)F)nc3)[C@@H](Cc3ccccc3)C(=O)N(C)CCOCc3ccccn3)cc2)CC1. The molecule has 0 bridgehead atoms. The van der Waals surface area contributed by atoms with Crippen LogP contribution in [-0.4, -0.2) is 94.8 Å². The quantitative estimate of drug-likeness (QED) is 0.125. The van der Waals surface area contributed by atoms with Gasteiger partial charge in [-0.25, -0.2) is 0 Å². The minimum Gasteiger partial charge on any atom is -0.373 e. The fourth-order valence-electron chi connectivity index (χ4n) is 5.96. The van der Waals surface area contributed by atoms with Crippen LogP contribution in [0.2, 0.25) is 0 Å². The molecule has 0 saturated carbocycles. The molecule has 0 spiro atoms. The van der Waals surface area contributed by atoms with Gasteiger partial charge in [0.1, 0.15) is 11.7 Å². The van der Waals surface area contributed by atoms with Crippen LogP contribution in [0.25, 0.3) is 6.08 Å². The van der Waals surface area contributed by atoms with Gasteiger partial charge < -0.3 is 24.3 Å². The Morgan fingerprint density at radius 3 is 2.23 bits per heavy atom. The second-order valence-corrected chi connectivity index (χ2v) is 12.8. The van der Waals surface area contributed by atoms with Crippen molar-refractivity contribution in [2.24, 2.45) is 0 Å². The number of aromatic nitrogens is 2. The molecule has 13 heteroatoms. The summed E-state index contributed by atoms with van der Waals surface area (Å²) >= 11 is 0. The maximum Gasteiger partial charge on any atom is 0.433 e. The van der Waals surface area contributed by atoms with Gasteiger partial charge in [-0.15, -0.1) is 0 Å². The zero-order valence-electron chi connectivity index (χ0n) is 29.8. The Labute approximate surface area is 307 Å².